The van der Waals surface area contributed by atoms with E-state index in [0.29, 0.717) is 25.7 Å². The number of carbonyl (C=O) groups is 1. The SMILES string of the molecule is C[C@@H](c1ccc2c(c1)OCCO2)N1CCN(c2ncc(CC(=O)N3CCNCC3)s2)CC1. The van der Waals surface area contributed by atoms with Crippen molar-refractivity contribution in [2.45, 2.75) is 19.4 Å². The van der Waals surface area contributed by atoms with E-state index in [1.165, 1.54) is 5.56 Å². The summed E-state index contributed by atoms with van der Waals surface area (Å²) < 4.78 is 11.4. The molecule has 3 aliphatic heterocycles. The van der Waals surface area contributed by atoms with Crippen LogP contribution in [-0.2, 0) is 11.2 Å². The molecule has 3 aliphatic rings. The summed E-state index contributed by atoms with van der Waals surface area (Å²) >= 11 is 1.66. The molecule has 32 heavy (non-hydrogen) atoms. The van der Waals surface area contributed by atoms with Gasteiger partial charge in [0.15, 0.2) is 16.6 Å². The second-order valence-electron chi connectivity index (χ2n) is 8.52. The number of carbonyl (C=O) groups excluding carboxylic acids is 1. The summed E-state index contributed by atoms with van der Waals surface area (Å²) in [5.74, 6) is 1.90. The predicted octanol–water partition coefficient (Wildman–Crippen LogP) is 1.77. The second-order valence-corrected chi connectivity index (χ2v) is 9.61. The molecule has 1 atom stereocenters. The molecule has 5 rings (SSSR count). The number of anilines is 1. The molecular weight excluding hydrogens is 426 g/mol. The zero-order chi connectivity index (χ0) is 21.9. The molecule has 2 aromatic rings. The molecule has 1 aromatic heterocycles. The molecule has 2 saturated heterocycles. The van der Waals surface area contributed by atoms with E-state index in [2.05, 4.69) is 39.2 Å². The Morgan fingerprint density at radius 3 is 2.62 bits per heavy atom. The van der Waals surface area contributed by atoms with Crippen molar-refractivity contribution in [3.8, 4) is 11.5 Å². The number of fused-ring (bicyclic) bond motifs is 1. The number of rotatable bonds is 5. The molecule has 0 spiro atoms. The lowest BCUT2D eigenvalue weighted by molar-refractivity contribution is -0.130. The van der Waals surface area contributed by atoms with Crippen LogP contribution in [0.25, 0.3) is 0 Å². The zero-order valence-electron chi connectivity index (χ0n) is 18.6. The molecule has 172 valence electrons. The summed E-state index contributed by atoms with van der Waals surface area (Å²) in [7, 11) is 0. The Balaban J connectivity index is 1.15. The molecule has 0 aliphatic carbocycles. The highest BCUT2D eigenvalue weighted by Crippen LogP contribution is 2.34. The Labute approximate surface area is 193 Å². The molecule has 1 amide bonds. The summed E-state index contributed by atoms with van der Waals surface area (Å²) in [6.07, 6.45) is 2.34. The number of piperazine rings is 2. The molecule has 9 heteroatoms. The molecular formula is C23H31N5O3S. The fourth-order valence-corrected chi connectivity index (χ4v) is 5.48. The first-order chi connectivity index (χ1) is 15.7. The van der Waals surface area contributed by atoms with Gasteiger partial charge in [-0.05, 0) is 24.6 Å². The molecule has 1 aromatic carbocycles. The van der Waals surface area contributed by atoms with Crippen LogP contribution in [0, 0.1) is 0 Å². The summed E-state index contributed by atoms with van der Waals surface area (Å²) in [4.78, 5) is 25.0. The lowest BCUT2D eigenvalue weighted by Crippen LogP contribution is -2.47. The van der Waals surface area contributed by atoms with Crippen molar-refractivity contribution >= 4 is 22.4 Å². The largest absolute Gasteiger partial charge is 0.486 e. The van der Waals surface area contributed by atoms with Gasteiger partial charge in [-0.15, -0.1) is 11.3 Å². The Morgan fingerprint density at radius 2 is 1.84 bits per heavy atom. The maximum Gasteiger partial charge on any atom is 0.227 e. The topological polar surface area (TPSA) is 70.2 Å². The van der Waals surface area contributed by atoms with Crippen LogP contribution in [-0.4, -0.2) is 86.3 Å². The fourth-order valence-electron chi connectivity index (χ4n) is 4.53. The first-order valence-corrected chi connectivity index (χ1v) is 12.3. The van der Waals surface area contributed by atoms with E-state index in [0.717, 1.165) is 73.9 Å². The average molecular weight is 458 g/mol. The quantitative estimate of drug-likeness (QED) is 0.734. The number of aromatic nitrogens is 1. The van der Waals surface area contributed by atoms with Gasteiger partial charge in [0.2, 0.25) is 5.91 Å². The van der Waals surface area contributed by atoms with Gasteiger partial charge >= 0.3 is 0 Å². The molecule has 0 saturated carbocycles. The smallest absolute Gasteiger partial charge is 0.227 e. The van der Waals surface area contributed by atoms with Crippen LogP contribution in [0.3, 0.4) is 0 Å². The normalized spacial score (nSPS) is 20.3. The van der Waals surface area contributed by atoms with E-state index in [1.54, 1.807) is 11.3 Å². The summed E-state index contributed by atoms with van der Waals surface area (Å²) in [6.45, 7) is 10.7. The van der Waals surface area contributed by atoms with E-state index in [9.17, 15) is 4.79 Å². The number of nitrogens with one attached hydrogen (secondary N) is 1. The van der Waals surface area contributed by atoms with Crippen LogP contribution in [0.1, 0.15) is 23.4 Å². The third kappa shape index (κ3) is 4.69. The van der Waals surface area contributed by atoms with Crippen LogP contribution in [0.4, 0.5) is 5.13 Å². The van der Waals surface area contributed by atoms with Gasteiger partial charge in [-0.1, -0.05) is 6.07 Å². The maximum absolute atomic E-state index is 12.5. The third-order valence-corrected chi connectivity index (χ3v) is 7.58. The number of amides is 1. The predicted molar refractivity (Wildman–Crippen MR) is 125 cm³/mol. The third-order valence-electron chi connectivity index (χ3n) is 6.52. The number of thiazole rings is 1. The molecule has 0 bridgehead atoms. The van der Waals surface area contributed by atoms with Crippen molar-refractivity contribution in [2.75, 3.05) is 70.5 Å². The van der Waals surface area contributed by atoms with Gasteiger partial charge in [-0.3, -0.25) is 9.69 Å². The number of ether oxygens (including phenoxy) is 2. The fraction of sp³-hybridized carbons (Fsp3) is 0.565. The van der Waals surface area contributed by atoms with Crippen molar-refractivity contribution in [3.05, 3.63) is 34.8 Å². The first-order valence-electron chi connectivity index (χ1n) is 11.5. The monoisotopic (exact) mass is 457 g/mol. The van der Waals surface area contributed by atoms with Gasteiger partial charge < -0.3 is 24.6 Å². The first kappa shape index (κ1) is 21.5. The van der Waals surface area contributed by atoms with Gasteiger partial charge in [-0.2, -0.15) is 0 Å². The lowest BCUT2D eigenvalue weighted by Gasteiger charge is -2.38. The average Bonchev–Trinajstić information content (AvgIpc) is 3.32. The number of nitrogens with zero attached hydrogens (tertiary/aromatic N) is 4. The minimum atomic E-state index is 0.208. The zero-order valence-corrected chi connectivity index (χ0v) is 19.4. The van der Waals surface area contributed by atoms with Crippen molar-refractivity contribution < 1.29 is 14.3 Å². The molecule has 4 heterocycles. The van der Waals surface area contributed by atoms with Gasteiger partial charge in [-0.25, -0.2) is 4.98 Å². The van der Waals surface area contributed by atoms with E-state index >= 15 is 0 Å². The van der Waals surface area contributed by atoms with Crippen molar-refractivity contribution in [3.63, 3.8) is 0 Å². The van der Waals surface area contributed by atoms with Crippen molar-refractivity contribution in [1.29, 1.82) is 0 Å². The van der Waals surface area contributed by atoms with Crippen LogP contribution in [0.15, 0.2) is 24.4 Å². The van der Waals surface area contributed by atoms with Gasteiger partial charge in [0.05, 0.1) is 6.42 Å². The minimum Gasteiger partial charge on any atom is -0.486 e. The Morgan fingerprint density at radius 1 is 1.09 bits per heavy atom. The van der Waals surface area contributed by atoms with E-state index in [4.69, 9.17) is 9.47 Å². The van der Waals surface area contributed by atoms with Gasteiger partial charge in [0.1, 0.15) is 13.2 Å². The highest BCUT2D eigenvalue weighted by molar-refractivity contribution is 7.15. The second kappa shape index (κ2) is 9.64. The van der Waals surface area contributed by atoms with Gasteiger partial charge in [0.25, 0.3) is 0 Å². The highest BCUT2D eigenvalue weighted by atomic mass is 32.1. The number of hydrogen-bond acceptors (Lipinski definition) is 8. The molecule has 8 nitrogen and oxygen atoms in total. The maximum atomic E-state index is 12.5. The Bertz CT molecular complexity index is 937. The van der Waals surface area contributed by atoms with E-state index in [-0.39, 0.29) is 5.91 Å². The van der Waals surface area contributed by atoms with Crippen molar-refractivity contribution in [1.82, 2.24) is 20.1 Å². The van der Waals surface area contributed by atoms with Crippen LogP contribution < -0.4 is 19.7 Å². The minimum absolute atomic E-state index is 0.208. The molecule has 2 fully saturated rings. The summed E-state index contributed by atoms with van der Waals surface area (Å²) in [6, 6.07) is 6.60. The molecule has 0 unspecified atom stereocenters. The Hall–Kier alpha value is -2.36. The van der Waals surface area contributed by atoms with E-state index < -0.39 is 0 Å². The van der Waals surface area contributed by atoms with Crippen LogP contribution in [0.5, 0.6) is 11.5 Å². The summed E-state index contributed by atoms with van der Waals surface area (Å²) in [5, 5.41) is 4.32. The standard InChI is InChI=1S/C23H31N5O3S/c1-17(18-2-3-20-21(14-18)31-13-12-30-20)26-8-10-28(11-9-26)23-25-16-19(32-23)15-22(29)27-6-4-24-5-7-27/h2-3,14,16-17,24H,4-13,15H2,1H3/t17-/m0/s1. The molecule has 1 N–H and O–H groups in total. The highest BCUT2D eigenvalue weighted by Gasteiger charge is 2.25. The lowest BCUT2D eigenvalue weighted by atomic mass is 10.1. The van der Waals surface area contributed by atoms with Crippen LogP contribution in [0.2, 0.25) is 0 Å². The van der Waals surface area contributed by atoms with E-state index in [1.807, 2.05) is 17.2 Å². The van der Waals surface area contributed by atoms with Crippen molar-refractivity contribution in [2.24, 2.45) is 0 Å². The Kier molecular flexibility index (Phi) is 6.47. The number of hydrogen-bond donors (Lipinski definition) is 1. The van der Waals surface area contributed by atoms with Gasteiger partial charge in [0, 0.05) is 69.5 Å². The van der Waals surface area contributed by atoms with Crippen LogP contribution >= 0.6 is 11.3 Å². The summed E-state index contributed by atoms with van der Waals surface area (Å²) in [5.41, 5.74) is 1.26. The molecule has 0 radical (unpaired) electrons. The number of benzene rings is 1.